The van der Waals surface area contributed by atoms with Gasteiger partial charge >= 0.3 is 0 Å². The quantitative estimate of drug-likeness (QED) is 0.936. The van der Waals surface area contributed by atoms with Gasteiger partial charge in [0.05, 0.1) is 18.4 Å². The Balaban J connectivity index is 1.79. The van der Waals surface area contributed by atoms with Crippen molar-refractivity contribution in [3.8, 4) is 5.75 Å². The molecule has 1 aliphatic heterocycles. The van der Waals surface area contributed by atoms with Crippen LogP contribution in [0.25, 0.3) is 0 Å². The first-order chi connectivity index (χ1) is 11.1. The summed E-state index contributed by atoms with van der Waals surface area (Å²) in [5, 5.41) is 7.88. The number of carbonyl (C=O) groups is 1. The lowest BCUT2D eigenvalue weighted by Gasteiger charge is -2.32. The Hall–Kier alpha value is -2.01. The predicted octanol–water partition coefficient (Wildman–Crippen LogP) is 3.40. The third kappa shape index (κ3) is 3.34. The number of benzene rings is 1. The minimum absolute atomic E-state index is 0.0181. The third-order valence-electron chi connectivity index (χ3n) is 4.25. The Kier molecular flexibility index (Phi) is 4.57. The summed E-state index contributed by atoms with van der Waals surface area (Å²) in [4.78, 5) is 14.7. The highest BCUT2D eigenvalue weighted by molar-refractivity contribution is 6.30. The van der Waals surface area contributed by atoms with Crippen molar-refractivity contribution in [3.05, 3.63) is 46.2 Å². The summed E-state index contributed by atoms with van der Waals surface area (Å²) in [6, 6.07) is 7.18. The van der Waals surface area contributed by atoms with Crippen molar-refractivity contribution in [2.75, 3.05) is 20.2 Å². The van der Waals surface area contributed by atoms with Gasteiger partial charge in [-0.3, -0.25) is 9.89 Å². The van der Waals surface area contributed by atoms with Gasteiger partial charge in [0.1, 0.15) is 5.75 Å². The lowest BCUT2D eigenvalue weighted by atomic mass is 9.94. The molecule has 3 rings (SSSR count). The smallest absolute Gasteiger partial charge is 0.257 e. The molecule has 6 heteroatoms. The highest BCUT2D eigenvalue weighted by atomic mass is 35.5. The lowest BCUT2D eigenvalue weighted by molar-refractivity contribution is 0.0702. The Morgan fingerprint density at radius 2 is 2.26 bits per heavy atom. The van der Waals surface area contributed by atoms with E-state index in [0.29, 0.717) is 22.9 Å². The number of H-pyrrole nitrogens is 1. The van der Waals surface area contributed by atoms with Crippen LogP contribution in [-0.2, 0) is 0 Å². The fourth-order valence-corrected chi connectivity index (χ4v) is 3.23. The minimum Gasteiger partial charge on any atom is -0.496 e. The second-order valence-corrected chi connectivity index (χ2v) is 6.35. The molecule has 0 spiro atoms. The fraction of sp³-hybridized carbons (Fsp3) is 0.412. The van der Waals surface area contributed by atoms with Crippen molar-refractivity contribution in [2.45, 2.75) is 25.7 Å². The number of hydrogen-bond donors (Lipinski definition) is 1. The number of hydrogen-bond acceptors (Lipinski definition) is 3. The molecule has 1 fully saturated rings. The van der Waals surface area contributed by atoms with Crippen molar-refractivity contribution < 1.29 is 9.53 Å². The zero-order chi connectivity index (χ0) is 16.4. The van der Waals surface area contributed by atoms with Gasteiger partial charge in [0, 0.05) is 29.7 Å². The van der Waals surface area contributed by atoms with Crippen LogP contribution in [-0.4, -0.2) is 41.2 Å². The largest absolute Gasteiger partial charge is 0.496 e. The zero-order valence-corrected chi connectivity index (χ0v) is 14.1. The number of aromatic nitrogens is 2. The number of nitrogens with zero attached hydrogens (tertiary/aromatic N) is 2. The number of nitrogens with one attached hydrogen (secondary N) is 1. The van der Waals surface area contributed by atoms with E-state index in [9.17, 15) is 4.79 Å². The molecule has 23 heavy (non-hydrogen) atoms. The standard InChI is InChI=1S/C17H20ClN3O2/c1-11-8-15(20-19-11)12-4-3-7-21(10-12)17(22)14-6-5-13(18)9-16(14)23-2/h5-6,8-9,12H,3-4,7,10H2,1-2H3,(H,19,20)/t12-/m0/s1. The number of methoxy groups -OCH3 is 1. The van der Waals surface area contributed by atoms with E-state index in [2.05, 4.69) is 16.3 Å². The van der Waals surface area contributed by atoms with Crippen LogP contribution in [0.5, 0.6) is 5.75 Å². The molecule has 1 N–H and O–H groups in total. The molecule has 0 saturated carbocycles. The number of halogens is 1. The maximum atomic E-state index is 12.8. The Bertz CT molecular complexity index is 714. The summed E-state index contributed by atoms with van der Waals surface area (Å²) in [7, 11) is 1.55. The average molecular weight is 334 g/mol. The number of amides is 1. The van der Waals surface area contributed by atoms with Gasteiger partial charge in [-0.25, -0.2) is 0 Å². The van der Waals surface area contributed by atoms with Crippen molar-refractivity contribution >= 4 is 17.5 Å². The number of carbonyl (C=O) groups excluding carboxylic acids is 1. The Morgan fingerprint density at radius 3 is 2.96 bits per heavy atom. The normalized spacial score (nSPS) is 18.0. The summed E-state index contributed by atoms with van der Waals surface area (Å²) in [6.45, 7) is 3.42. The van der Waals surface area contributed by atoms with E-state index in [1.807, 2.05) is 11.8 Å². The monoisotopic (exact) mass is 333 g/mol. The maximum Gasteiger partial charge on any atom is 0.257 e. The second kappa shape index (κ2) is 6.62. The first-order valence-electron chi connectivity index (χ1n) is 7.73. The van der Waals surface area contributed by atoms with Gasteiger partial charge < -0.3 is 9.64 Å². The van der Waals surface area contributed by atoms with Crippen LogP contribution in [0.4, 0.5) is 0 Å². The van der Waals surface area contributed by atoms with Gasteiger partial charge in [0.15, 0.2) is 0 Å². The van der Waals surface area contributed by atoms with E-state index < -0.39 is 0 Å². The van der Waals surface area contributed by atoms with Crippen LogP contribution < -0.4 is 4.74 Å². The molecule has 0 radical (unpaired) electrons. The number of ether oxygens (including phenoxy) is 1. The number of aryl methyl sites for hydroxylation is 1. The van der Waals surface area contributed by atoms with E-state index in [0.717, 1.165) is 30.8 Å². The molecule has 1 aromatic carbocycles. The summed E-state index contributed by atoms with van der Waals surface area (Å²) in [5.41, 5.74) is 2.63. The van der Waals surface area contributed by atoms with Gasteiger partial charge in [-0.05, 0) is 44.0 Å². The summed E-state index contributed by atoms with van der Waals surface area (Å²) in [5.74, 6) is 0.770. The lowest BCUT2D eigenvalue weighted by Crippen LogP contribution is -2.39. The van der Waals surface area contributed by atoms with Crippen LogP contribution >= 0.6 is 11.6 Å². The Morgan fingerprint density at radius 1 is 1.43 bits per heavy atom. The summed E-state index contributed by atoms with van der Waals surface area (Å²) < 4.78 is 5.30. The van der Waals surface area contributed by atoms with Crippen LogP contribution in [0, 0.1) is 6.92 Å². The molecule has 0 aliphatic carbocycles. The SMILES string of the molecule is COc1cc(Cl)ccc1C(=O)N1CCC[C@H](c2cc(C)[nH]n2)C1. The van der Waals surface area contributed by atoms with Crippen molar-refractivity contribution in [1.82, 2.24) is 15.1 Å². The van der Waals surface area contributed by atoms with Crippen LogP contribution in [0.15, 0.2) is 24.3 Å². The molecule has 1 aliphatic rings. The zero-order valence-electron chi connectivity index (χ0n) is 13.3. The van der Waals surface area contributed by atoms with Gasteiger partial charge in [-0.15, -0.1) is 0 Å². The molecule has 122 valence electrons. The van der Waals surface area contributed by atoms with Crippen LogP contribution in [0.2, 0.25) is 5.02 Å². The Labute approximate surface area is 140 Å². The van der Waals surface area contributed by atoms with Crippen molar-refractivity contribution in [1.29, 1.82) is 0 Å². The minimum atomic E-state index is -0.0181. The van der Waals surface area contributed by atoms with Gasteiger partial charge in [-0.2, -0.15) is 5.10 Å². The first kappa shape index (κ1) is 15.9. The van der Waals surface area contributed by atoms with Gasteiger partial charge in [0.2, 0.25) is 0 Å². The highest BCUT2D eigenvalue weighted by Gasteiger charge is 2.28. The topological polar surface area (TPSA) is 58.2 Å². The summed E-state index contributed by atoms with van der Waals surface area (Å²) in [6.07, 6.45) is 2.02. The molecular formula is C17H20ClN3O2. The van der Waals surface area contributed by atoms with Crippen LogP contribution in [0.1, 0.15) is 40.5 Å². The first-order valence-corrected chi connectivity index (χ1v) is 8.11. The average Bonchev–Trinajstić information content (AvgIpc) is 3.01. The van der Waals surface area contributed by atoms with E-state index in [1.165, 1.54) is 0 Å². The molecule has 0 bridgehead atoms. The van der Waals surface area contributed by atoms with Crippen LogP contribution in [0.3, 0.4) is 0 Å². The van der Waals surface area contributed by atoms with Crippen molar-refractivity contribution in [2.24, 2.45) is 0 Å². The molecule has 0 unspecified atom stereocenters. The number of aromatic amines is 1. The van der Waals surface area contributed by atoms with Crippen molar-refractivity contribution in [3.63, 3.8) is 0 Å². The summed E-state index contributed by atoms with van der Waals surface area (Å²) >= 11 is 5.97. The highest BCUT2D eigenvalue weighted by Crippen LogP contribution is 2.29. The van der Waals surface area contributed by atoms with E-state index in [-0.39, 0.29) is 11.8 Å². The second-order valence-electron chi connectivity index (χ2n) is 5.91. The molecule has 1 amide bonds. The molecule has 1 saturated heterocycles. The molecule has 1 atom stereocenters. The number of likely N-dealkylation sites (tertiary alicyclic amines) is 1. The molecule has 1 aromatic heterocycles. The van der Waals surface area contributed by atoms with E-state index in [4.69, 9.17) is 16.3 Å². The molecule has 5 nitrogen and oxygen atoms in total. The molecule has 2 aromatic rings. The third-order valence-corrected chi connectivity index (χ3v) is 4.48. The predicted molar refractivity (Wildman–Crippen MR) is 89.2 cm³/mol. The molecule has 2 heterocycles. The fourth-order valence-electron chi connectivity index (χ4n) is 3.06. The number of rotatable bonds is 3. The van der Waals surface area contributed by atoms with Gasteiger partial charge in [-0.1, -0.05) is 11.6 Å². The van der Waals surface area contributed by atoms with E-state index in [1.54, 1.807) is 25.3 Å². The van der Waals surface area contributed by atoms with E-state index >= 15 is 0 Å². The molecular weight excluding hydrogens is 314 g/mol. The number of piperidine rings is 1. The maximum absolute atomic E-state index is 12.8. The van der Waals surface area contributed by atoms with Gasteiger partial charge in [0.25, 0.3) is 5.91 Å².